The van der Waals surface area contributed by atoms with E-state index < -0.39 is 0 Å². The Morgan fingerprint density at radius 1 is 1.18 bits per heavy atom. The van der Waals surface area contributed by atoms with Crippen LogP contribution in [0.15, 0.2) is 0 Å². The molecule has 2 fully saturated rings. The average molecular weight is 238 g/mol. The topological polar surface area (TPSA) is 29.3 Å². The minimum atomic E-state index is 0.771. The first kappa shape index (κ1) is 13.4. The molecule has 17 heavy (non-hydrogen) atoms. The summed E-state index contributed by atoms with van der Waals surface area (Å²) >= 11 is 0. The number of rotatable bonds is 7. The molecule has 2 nitrogen and oxygen atoms in total. The van der Waals surface area contributed by atoms with Crippen molar-refractivity contribution in [3.05, 3.63) is 0 Å². The maximum atomic E-state index is 5.96. The van der Waals surface area contributed by atoms with Gasteiger partial charge in [-0.25, -0.2) is 0 Å². The van der Waals surface area contributed by atoms with Crippen molar-refractivity contribution in [2.24, 2.45) is 17.6 Å². The quantitative estimate of drug-likeness (QED) is 0.739. The fourth-order valence-electron chi connectivity index (χ4n) is 3.89. The summed E-state index contributed by atoms with van der Waals surface area (Å²) in [7, 11) is 0. The Kier molecular flexibility index (Phi) is 4.87. The van der Waals surface area contributed by atoms with Crippen molar-refractivity contribution in [1.82, 2.24) is 4.90 Å². The Labute approximate surface area is 107 Å². The van der Waals surface area contributed by atoms with E-state index in [4.69, 9.17) is 5.73 Å². The van der Waals surface area contributed by atoms with Crippen LogP contribution in [-0.4, -0.2) is 30.1 Å². The summed E-state index contributed by atoms with van der Waals surface area (Å²) in [5, 5.41) is 0. The van der Waals surface area contributed by atoms with Crippen LogP contribution >= 0.6 is 0 Å². The van der Waals surface area contributed by atoms with E-state index in [-0.39, 0.29) is 0 Å². The third kappa shape index (κ3) is 3.03. The largest absolute Gasteiger partial charge is 0.330 e. The molecule has 0 spiro atoms. The van der Waals surface area contributed by atoms with Crippen LogP contribution in [0.25, 0.3) is 0 Å². The molecular weight excluding hydrogens is 208 g/mol. The molecule has 3 atom stereocenters. The van der Waals surface area contributed by atoms with E-state index >= 15 is 0 Å². The Balaban J connectivity index is 2.01. The number of hydrogen-bond donors (Lipinski definition) is 1. The second-order valence-corrected chi connectivity index (χ2v) is 6.02. The summed E-state index contributed by atoms with van der Waals surface area (Å²) in [4.78, 5) is 2.83. The minimum absolute atomic E-state index is 0.771. The van der Waals surface area contributed by atoms with Crippen molar-refractivity contribution in [3.8, 4) is 0 Å². The van der Waals surface area contributed by atoms with Crippen molar-refractivity contribution in [2.45, 2.75) is 70.9 Å². The summed E-state index contributed by atoms with van der Waals surface area (Å²) in [6.45, 7) is 6.79. The fourth-order valence-corrected chi connectivity index (χ4v) is 3.89. The van der Waals surface area contributed by atoms with E-state index in [1.807, 2.05) is 0 Å². The predicted octanol–water partition coefficient (Wildman–Crippen LogP) is 3.01. The molecule has 0 aromatic carbocycles. The van der Waals surface area contributed by atoms with Gasteiger partial charge in [-0.3, -0.25) is 4.90 Å². The van der Waals surface area contributed by atoms with Gasteiger partial charge in [-0.2, -0.15) is 0 Å². The second-order valence-electron chi connectivity index (χ2n) is 6.02. The highest BCUT2D eigenvalue weighted by Crippen LogP contribution is 2.41. The van der Waals surface area contributed by atoms with Crippen molar-refractivity contribution in [2.75, 3.05) is 13.1 Å². The number of nitrogens with zero attached hydrogens (tertiary/aromatic N) is 1. The van der Waals surface area contributed by atoms with Gasteiger partial charge in [0.2, 0.25) is 0 Å². The van der Waals surface area contributed by atoms with Crippen LogP contribution in [0.4, 0.5) is 0 Å². The average Bonchev–Trinajstić information content (AvgIpc) is 3.08. The summed E-state index contributed by atoms with van der Waals surface area (Å²) in [5.74, 6) is 1.78. The van der Waals surface area contributed by atoms with Crippen molar-refractivity contribution in [1.29, 1.82) is 0 Å². The van der Waals surface area contributed by atoms with E-state index in [0.29, 0.717) is 0 Å². The van der Waals surface area contributed by atoms with Crippen molar-refractivity contribution < 1.29 is 0 Å². The SMILES string of the molecule is CCCC(C1CC1)N(CC)C1CCCC1CN. The molecule has 0 bridgehead atoms. The van der Waals surface area contributed by atoms with Gasteiger partial charge >= 0.3 is 0 Å². The van der Waals surface area contributed by atoms with Gasteiger partial charge in [-0.1, -0.05) is 26.7 Å². The summed E-state index contributed by atoms with van der Waals surface area (Å²) in [5.41, 5.74) is 5.96. The Bertz CT molecular complexity index is 223. The lowest BCUT2D eigenvalue weighted by Gasteiger charge is -2.38. The van der Waals surface area contributed by atoms with E-state index in [9.17, 15) is 0 Å². The highest BCUT2D eigenvalue weighted by molar-refractivity contribution is 4.94. The molecule has 0 amide bonds. The predicted molar refractivity (Wildman–Crippen MR) is 74.0 cm³/mol. The van der Waals surface area contributed by atoms with Crippen LogP contribution < -0.4 is 5.73 Å². The monoisotopic (exact) mass is 238 g/mol. The van der Waals surface area contributed by atoms with Gasteiger partial charge in [0.05, 0.1) is 0 Å². The first-order valence-corrected chi connectivity index (χ1v) is 7.77. The van der Waals surface area contributed by atoms with Crippen LogP contribution in [0.2, 0.25) is 0 Å². The second kappa shape index (κ2) is 6.19. The molecule has 2 N–H and O–H groups in total. The van der Waals surface area contributed by atoms with Gasteiger partial charge in [0.15, 0.2) is 0 Å². The van der Waals surface area contributed by atoms with Crippen molar-refractivity contribution >= 4 is 0 Å². The van der Waals surface area contributed by atoms with Gasteiger partial charge in [-0.05, 0) is 57.0 Å². The molecule has 100 valence electrons. The lowest BCUT2D eigenvalue weighted by molar-refractivity contribution is 0.0941. The molecule has 0 radical (unpaired) electrons. The van der Waals surface area contributed by atoms with E-state index in [1.54, 1.807) is 0 Å². The van der Waals surface area contributed by atoms with Gasteiger partial charge < -0.3 is 5.73 Å². The lowest BCUT2D eigenvalue weighted by Crippen LogP contribution is -2.47. The molecule has 0 aliphatic heterocycles. The lowest BCUT2D eigenvalue weighted by atomic mass is 9.97. The molecule has 2 aliphatic rings. The molecule has 0 saturated heterocycles. The normalized spacial score (nSPS) is 31.1. The first-order valence-electron chi connectivity index (χ1n) is 7.77. The third-order valence-electron chi connectivity index (χ3n) is 4.89. The summed E-state index contributed by atoms with van der Waals surface area (Å²) in [6, 6.07) is 1.66. The van der Waals surface area contributed by atoms with Gasteiger partial charge in [0, 0.05) is 12.1 Å². The van der Waals surface area contributed by atoms with Crippen molar-refractivity contribution in [3.63, 3.8) is 0 Å². The van der Waals surface area contributed by atoms with Gasteiger partial charge in [-0.15, -0.1) is 0 Å². The molecule has 2 aliphatic carbocycles. The van der Waals surface area contributed by atoms with E-state index in [1.165, 1.54) is 51.5 Å². The van der Waals surface area contributed by atoms with Crippen LogP contribution in [0.5, 0.6) is 0 Å². The maximum Gasteiger partial charge on any atom is 0.0138 e. The first-order chi connectivity index (χ1) is 8.31. The number of nitrogens with two attached hydrogens (primary N) is 1. The molecule has 0 aromatic rings. The highest BCUT2D eigenvalue weighted by atomic mass is 15.2. The van der Waals surface area contributed by atoms with Gasteiger partial charge in [0.1, 0.15) is 0 Å². The fraction of sp³-hybridized carbons (Fsp3) is 1.00. The van der Waals surface area contributed by atoms with E-state index in [0.717, 1.165) is 30.5 Å². The van der Waals surface area contributed by atoms with Crippen LogP contribution in [0, 0.1) is 11.8 Å². The molecular formula is C15H30N2. The van der Waals surface area contributed by atoms with Crippen LogP contribution in [0.3, 0.4) is 0 Å². The molecule has 3 unspecified atom stereocenters. The maximum absolute atomic E-state index is 5.96. The highest BCUT2D eigenvalue weighted by Gasteiger charge is 2.40. The Morgan fingerprint density at radius 2 is 1.94 bits per heavy atom. The van der Waals surface area contributed by atoms with Crippen LogP contribution in [-0.2, 0) is 0 Å². The molecule has 2 rings (SSSR count). The standard InChI is InChI=1S/C15H30N2/c1-3-6-14(12-9-10-12)17(4-2)15-8-5-7-13(15)11-16/h12-15H,3-11,16H2,1-2H3. The zero-order valence-electron chi connectivity index (χ0n) is 11.7. The van der Waals surface area contributed by atoms with Gasteiger partial charge in [0.25, 0.3) is 0 Å². The smallest absolute Gasteiger partial charge is 0.0138 e. The molecule has 0 heterocycles. The molecule has 2 saturated carbocycles. The third-order valence-corrected chi connectivity index (χ3v) is 4.89. The zero-order valence-corrected chi connectivity index (χ0v) is 11.7. The summed E-state index contributed by atoms with van der Waals surface area (Å²) < 4.78 is 0. The van der Waals surface area contributed by atoms with E-state index in [2.05, 4.69) is 18.7 Å². The Hall–Kier alpha value is -0.0800. The number of hydrogen-bond acceptors (Lipinski definition) is 2. The van der Waals surface area contributed by atoms with Crippen LogP contribution in [0.1, 0.15) is 58.8 Å². The molecule has 2 heteroatoms. The Morgan fingerprint density at radius 3 is 2.47 bits per heavy atom. The zero-order chi connectivity index (χ0) is 12.3. The molecule has 0 aromatic heterocycles. The minimum Gasteiger partial charge on any atom is -0.330 e. The summed E-state index contributed by atoms with van der Waals surface area (Å²) in [6.07, 6.45) is 9.82.